The zero-order valence-corrected chi connectivity index (χ0v) is 21.3. The third-order valence-electron chi connectivity index (χ3n) is 10.2. The highest BCUT2D eigenvalue weighted by Crippen LogP contribution is 2.66. The van der Waals surface area contributed by atoms with Gasteiger partial charge in [0.2, 0.25) is 0 Å². The number of Topliss-reactive ketones (excluding diaryl/α,β-unsaturated/α-hetero) is 2. The molecule has 3 fully saturated rings. The Morgan fingerprint density at radius 2 is 1.94 bits per heavy atom. The summed E-state index contributed by atoms with van der Waals surface area (Å²) in [5.41, 5.74) is 7.54. The molecule has 2 aliphatic heterocycles. The maximum Gasteiger partial charge on any atom is 0.338 e. The van der Waals surface area contributed by atoms with Crippen molar-refractivity contribution in [1.29, 1.82) is 0 Å². The van der Waals surface area contributed by atoms with E-state index in [1.807, 2.05) is 25.1 Å². The molecule has 1 aromatic rings. The van der Waals surface area contributed by atoms with Gasteiger partial charge in [0, 0.05) is 29.2 Å². The predicted octanol–water partition coefficient (Wildman–Crippen LogP) is 4.33. The molecule has 8 atom stereocenters. The number of ketones is 2. The highest BCUT2D eigenvalue weighted by molar-refractivity contribution is 5.90. The monoisotopic (exact) mass is 489 g/mol. The van der Waals surface area contributed by atoms with Crippen LogP contribution in [0.3, 0.4) is 0 Å². The van der Waals surface area contributed by atoms with Crippen LogP contribution in [0.5, 0.6) is 0 Å². The van der Waals surface area contributed by atoms with Crippen molar-refractivity contribution in [3.05, 3.63) is 59.2 Å². The summed E-state index contributed by atoms with van der Waals surface area (Å²) in [5.74, 6) is -0.317. The molecule has 1 saturated heterocycles. The Kier molecular flexibility index (Phi) is 5.27. The van der Waals surface area contributed by atoms with Gasteiger partial charge in [-0.15, -0.1) is 0 Å². The summed E-state index contributed by atoms with van der Waals surface area (Å²) in [6, 6.07) is 8.34. The highest BCUT2D eigenvalue weighted by atomic mass is 16.6. The van der Waals surface area contributed by atoms with Crippen LogP contribution in [-0.4, -0.2) is 40.9 Å². The van der Waals surface area contributed by atoms with Crippen molar-refractivity contribution < 1.29 is 23.9 Å². The van der Waals surface area contributed by atoms with Gasteiger partial charge in [0.25, 0.3) is 0 Å². The standard InChI is InChI=1S/C30H35NO5/c1-17-21(25(31)18(2)32)16-29-13-14-30(36-29)20(11-12-28(3)23(30)9-10-24(28)33)15-22(29)26(17)35-27(34)19-7-5-4-6-8-19/h4-8,11,15,17,21,23,25-26H,9-10,12-14,16,31H2,1-3H3/t17-,21+,23-,25?,26+,28+,29-,30-/m1/s1. The minimum atomic E-state index is -0.657. The van der Waals surface area contributed by atoms with E-state index < -0.39 is 28.8 Å². The fourth-order valence-electron chi connectivity index (χ4n) is 8.11. The van der Waals surface area contributed by atoms with Crippen LogP contribution >= 0.6 is 0 Å². The van der Waals surface area contributed by atoms with E-state index >= 15 is 0 Å². The summed E-state index contributed by atoms with van der Waals surface area (Å²) < 4.78 is 13.4. The van der Waals surface area contributed by atoms with Crippen molar-refractivity contribution >= 4 is 17.5 Å². The van der Waals surface area contributed by atoms with Gasteiger partial charge in [-0.25, -0.2) is 4.79 Å². The third-order valence-corrected chi connectivity index (χ3v) is 10.2. The second kappa shape index (κ2) is 7.96. The van der Waals surface area contributed by atoms with Crippen LogP contribution in [0.15, 0.2) is 53.6 Å². The molecule has 0 aromatic heterocycles. The summed E-state index contributed by atoms with van der Waals surface area (Å²) >= 11 is 0. The number of carbonyl (C=O) groups is 3. The number of esters is 1. The number of rotatable bonds is 4. The summed E-state index contributed by atoms with van der Waals surface area (Å²) in [6.45, 7) is 5.66. The zero-order chi connectivity index (χ0) is 25.5. The normalized spacial score (nSPS) is 41.4. The SMILES string of the molecule is CC(=O)C(N)[C@H]1C[C@@]23CC[C@@]4(O2)C(=CC[C@]2(C)C(=O)CC[C@H]24)C=C3[C@@H](OC(=O)c2ccccc2)[C@@H]1C. The first-order valence-electron chi connectivity index (χ1n) is 13.3. The molecule has 2 spiro atoms. The van der Waals surface area contributed by atoms with Gasteiger partial charge in [0.15, 0.2) is 0 Å². The molecule has 2 heterocycles. The van der Waals surface area contributed by atoms with Crippen molar-refractivity contribution in [2.75, 3.05) is 0 Å². The van der Waals surface area contributed by atoms with E-state index in [1.54, 1.807) is 12.1 Å². The summed E-state index contributed by atoms with van der Waals surface area (Å²) in [4.78, 5) is 38.6. The number of benzene rings is 1. The minimum Gasteiger partial charge on any atom is -0.454 e. The van der Waals surface area contributed by atoms with Gasteiger partial charge in [-0.05, 0) is 62.7 Å². The van der Waals surface area contributed by atoms with Crippen LogP contribution in [0.25, 0.3) is 0 Å². The molecule has 190 valence electrons. The Morgan fingerprint density at radius 1 is 1.19 bits per heavy atom. The number of allylic oxidation sites excluding steroid dienone is 1. The van der Waals surface area contributed by atoms with Crippen molar-refractivity contribution in [3.8, 4) is 0 Å². The fourth-order valence-corrected chi connectivity index (χ4v) is 8.11. The first-order valence-corrected chi connectivity index (χ1v) is 13.3. The first kappa shape index (κ1) is 23.8. The Hall–Kier alpha value is -2.57. The zero-order valence-electron chi connectivity index (χ0n) is 21.3. The van der Waals surface area contributed by atoms with Crippen molar-refractivity contribution in [2.24, 2.45) is 28.9 Å². The van der Waals surface area contributed by atoms with Gasteiger partial charge in [-0.3, -0.25) is 9.59 Å². The first-order chi connectivity index (χ1) is 17.1. The quantitative estimate of drug-likeness (QED) is 0.633. The van der Waals surface area contributed by atoms with Crippen molar-refractivity contribution in [2.45, 2.75) is 82.6 Å². The second-order valence-electron chi connectivity index (χ2n) is 11.9. The van der Waals surface area contributed by atoms with Crippen LogP contribution in [0.1, 0.15) is 69.7 Å². The fraction of sp³-hybridized carbons (Fsp3) is 0.567. The van der Waals surface area contributed by atoms with Crippen LogP contribution in [0.2, 0.25) is 0 Å². The van der Waals surface area contributed by atoms with Crippen molar-refractivity contribution in [1.82, 2.24) is 0 Å². The number of ether oxygens (including phenoxy) is 2. The highest BCUT2D eigenvalue weighted by Gasteiger charge is 2.68. The Balaban J connectivity index is 1.45. The van der Waals surface area contributed by atoms with E-state index in [0.29, 0.717) is 24.2 Å². The van der Waals surface area contributed by atoms with Gasteiger partial charge in [-0.1, -0.05) is 44.2 Å². The maximum atomic E-state index is 13.2. The lowest BCUT2D eigenvalue weighted by Gasteiger charge is -2.55. The molecule has 5 aliphatic rings. The molecule has 1 unspecified atom stereocenters. The molecule has 6 heteroatoms. The van der Waals surface area contributed by atoms with E-state index in [9.17, 15) is 14.4 Å². The predicted molar refractivity (Wildman–Crippen MR) is 134 cm³/mol. The molecule has 6 rings (SSSR count). The smallest absolute Gasteiger partial charge is 0.338 e. The van der Waals surface area contributed by atoms with Gasteiger partial charge < -0.3 is 15.2 Å². The van der Waals surface area contributed by atoms with Crippen molar-refractivity contribution in [3.63, 3.8) is 0 Å². The Bertz CT molecular complexity index is 1200. The van der Waals surface area contributed by atoms with Gasteiger partial charge in [0.05, 0.1) is 22.8 Å². The number of fused-ring (bicyclic) bond motifs is 1. The van der Waals surface area contributed by atoms with Gasteiger partial charge >= 0.3 is 5.97 Å². The van der Waals surface area contributed by atoms with E-state index in [4.69, 9.17) is 15.2 Å². The average molecular weight is 490 g/mol. The molecule has 0 amide bonds. The second-order valence-corrected chi connectivity index (χ2v) is 11.9. The largest absolute Gasteiger partial charge is 0.454 e. The van der Waals surface area contributed by atoms with Gasteiger partial charge in [0.1, 0.15) is 17.7 Å². The lowest BCUT2D eigenvalue weighted by molar-refractivity contribution is -0.160. The molecule has 2 N–H and O–H groups in total. The molecule has 6 nitrogen and oxygen atoms in total. The molecule has 36 heavy (non-hydrogen) atoms. The lowest BCUT2D eigenvalue weighted by atomic mass is 9.60. The average Bonchev–Trinajstić information content (AvgIpc) is 3.35. The van der Waals surface area contributed by atoms with Crippen LogP contribution in [0.4, 0.5) is 0 Å². The number of hydrogen-bond donors (Lipinski definition) is 1. The van der Waals surface area contributed by atoms with E-state index in [1.165, 1.54) is 6.92 Å². The molecule has 2 saturated carbocycles. The Labute approximate surface area is 212 Å². The van der Waals surface area contributed by atoms with E-state index in [-0.39, 0.29) is 29.5 Å². The molecular weight excluding hydrogens is 454 g/mol. The molecule has 3 aliphatic carbocycles. The number of carbonyl (C=O) groups excluding carboxylic acids is 3. The maximum absolute atomic E-state index is 13.2. The molecule has 1 aromatic carbocycles. The number of nitrogens with two attached hydrogens (primary N) is 1. The van der Waals surface area contributed by atoms with Crippen LogP contribution in [0, 0.1) is 23.2 Å². The summed E-state index contributed by atoms with van der Waals surface area (Å²) in [7, 11) is 0. The van der Waals surface area contributed by atoms with Gasteiger partial charge in [-0.2, -0.15) is 0 Å². The minimum absolute atomic E-state index is 0.0699. The van der Waals surface area contributed by atoms with Crippen LogP contribution < -0.4 is 5.73 Å². The van der Waals surface area contributed by atoms with E-state index in [2.05, 4.69) is 19.1 Å². The topological polar surface area (TPSA) is 95.7 Å². The van der Waals surface area contributed by atoms with E-state index in [0.717, 1.165) is 36.8 Å². The molecule has 0 radical (unpaired) electrons. The molecule has 2 bridgehead atoms. The molecular formula is C30H35NO5. The Morgan fingerprint density at radius 3 is 2.67 bits per heavy atom. The summed E-state index contributed by atoms with van der Waals surface area (Å²) in [6.07, 6.45) is 8.23. The van der Waals surface area contributed by atoms with Crippen LogP contribution in [-0.2, 0) is 19.1 Å². The lowest BCUT2D eigenvalue weighted by Crippen LogP contribution is -2.59. The third kappa shape index (κ3) is 3.13. The number of hydrogen-bond acceptors (Lipinski definition) is 6. The summed E-state index contributed by atoms with van der Waals surface area (Å²) in [5, 5.41) is 0.